The number of carbonyl (C=O) groups is 3. The largest absolute Gasteiger partial charge is 0.474 e. The van der Waals surface area contributed by atoms with E-state index in [9.17, 15) is 14.4 Å². The van der Waals surface area contributed by atoms with Gasteiger partial charge < -0.3 is 26.3 Å². The van der Waals surface area contributed by atoms with Crippen molar-refractivity contribution in [1.82, 2.24) is 10.7 Å². The summed E-state index contributed by atoms with van der Waals surface area (Å²) in [6, 6.07) is -2.48. The van der Waals surface area contributed by atoms with Crippen LogP contribution in [0.1, 0.15) is 41.0 Å². The summed E-state index contributed by atoms with van der Waals surface area (Å²) in [4.78, 5) is 33.9. The Morgan fingerprint density at radius 2 is 1.87 bits per heavy atom. The van der Waals surface area contributed by atoms with E-state index in [1.165, 1.54) is 0 Å². The number of nitrogens with zero attached hydrogens (tertiary/aromatic N) is 1. The lowest BCUT2D eigenvalue weighted by Crippen LogP contribution is -2.49. The highest BCUT2D eigenvalue weighted by atomic mass is 16.5. The molecule has 132 valence electrons. The highest BCUT2D eigenvalue weighted by Crippen LogP contribution is 2.10. The van der Waals surface area contributed by atoms with Crippen LogP contribution in [0.5, 0.6) is 0 Å². The van der Waals surface area contributed by atoms with Crippen LogP contribution in [0.2, 0.25) is 0 Å². The smallest absolute Gasteiger partial charge is 0.332 e. The van der Waals surface area contributed by atoms with Gasteiger partial charge in [0.05, 0.1) is 18.5 Å². The molecule has 0 saturated heterocycles. The summed E-state index contributed by atoms with van der Waals surface area (Å²) in [5, 5.41) is 6.23. The molecule has 0 heterocycles. The van der Waals surface area contributed by atoms with E-state index in [2.05, 4.69) is 10.4 Å². The average molecular weight is 329 g/mol. The second-order valence-corrected chi connectivity index (χ2v) is 6.42. The Bertz CT molecular complexity index is 457. The minimum atomic E-state index is -0.886. The van der Waals surface area contributed by atoms with Gasteiger partial charge in [0.25, 0.3) is 0 Å². The summed E-state index contributed by atoms with van der Waals surface area (Å²) in [6.45, 7) is 8.92. The Balaban J connectivity index is 4.98. The molecule has 0 aromatic rings. The molecule has 0 aliphatic rings. The number of aldehydes is 1. The van der Waals surface area contributed by atoms with E-state index >= 15 is 0 Å². The molecular formula is C14H27N5O4. The Labute approximate surface area is 136 Å². The normalized spacial score (nSPS) is 14.8. The van der Waals surface area contributed by atoms with Crippen molar-refractivity contribution < 1.29 is 19.1 Å². The molecule has 0 spiro atoms. The molecule has 0 unspecified atom stereocenters. The van der Waals surface area contributed by atoms with Crippen LogP contribution >= 0.6 is 0 Å². The average Bonchev–Trinajstić information content (AvgIpc) is 2.40. The van der Waals surface area contributed by atoms with Gasteiger partial charge in [-0.05, 0) is 26.7 Å². The summed E-state index contributed by atoms with van der Waals surface area (Å²) in [5.74, 6) is -0.459. The van der Waals surface area contributed by atoms with E-state index in [1.807, 2.05) is 5.43 Å². The van der Waals surface area contributed by atoms with Gasteiger partial charge in [-0.3, -0.25) is 4.79 Å². The van der Waals surface area contributed by atoms with Crippen molar-refractivity contribution in [3.63, 3.8) is 0 Å². The van der Waals surface area contributed by atoms with E-state index in [0.29, 0.717) is 6.29 Å². The number of nitrogens with two attached hydrogens (primary N) is 2. The van der Waals surface area contributed by atoms with Gasteiger partial charge in [-0.15, -0.1) is 5.10 Å². The minimum Gasteiger partial charge on any atom is -0.474 e. The fourth-order valence-corrected chi connectivity index (χ4v) is 1.48. The third-order valence-corrected chi connectivity index (χ3v) is 2.62. The standard InChI is InChI=1S/C14H27N5O4/c1-8(2)11(15)12(21)17-9(7-20)6-10(18-19-13(16)22)23-14(3,4)5/h7-9,11H,6,15H2,1-5H3,(H,17,21)(H3,16,19,22)/t9-,11-/m0/s1. The number of hydrogen-bond donors (Lipinski definition) is 4. The molecule has 0 bridgehead atoms. The molecule has 23 heavy (non-hydrogen) atoms. The summed E-state index contributed by atoms with van der Waals surface area (Å²) in [5.41, 5.74) is 12.1. The van der Waals surface area contributed by atoms with Crippen LogP contribution in [-0.2, 0) is 14.3 Å². The van der Waals surface area contributed by atoms with Gasteiger partial charge in [0.1, 0.15) is 11.9 Å². The van der Waals surface area contributed by atoms with Crippen LogP contribution in [0, 0.1) is 5.92 Å². The molecule has 0 aromatic heterocycles. The maximum Gasteiger partial charge on any atom is 0.332 e. The zero-order valence-electron chi connectivity index (χ0n) is 14.3. The molecule has 9 nitrogen and oxygen atoms in total. The number of ether oxygens (including phenoxy) is 1. The fourth-order valence-electron chi connectivity index (χ4n) is 1.48. The first-order chi connectivity index (χ1) is 10.5. The number of primary amides is 1. The zero-order valence-corrected chi connectivity index (χ0v) is 14.3. The number of hydrogen-bond acceptors (Lipinski definition) is 6. The quantitative estimate of drug-likeness (QED) is 0.221. The summed E-state index contributed by atoms with van der Waals surface area (Å²) in [7, 11) is 0. The number of nitrogens with one attached hydrogen (secondary N) is 2. The van der Waals surface area contributed by atoms with Gasteiger partial charge in [-0.25, -0.2) is 10.2 Å². The van der Waals surface area contributed by atoms with E-state index < -0.39 is 29.6 Å². The first-order valence-electron chi connectivity index (χ1n) is 7.28. The van der Waals surface area contributed by atoms with E-state index in [4.69, 9.17) is 16.2 Å². The molecule has 9 heteroatoms. The van der Waals surface area contributed by atoms with Crippen LogP contribution in [0.3, 0.4) is 0 Å². The van der Waals surface area contributed by atoms with Crippen LogP contribution in [0.15, 0.2) is 5.10 Å². The minimum absolute atomic E-state index is 0.0440. The number of amides is 3. The maximum atomic E-state index is 11.9. The van der Waals surface area contributed by atoms with Crippen LogP contribution in [0.25, 0.3) is 0 Å². The molecule has 2 atom stereocenters. The molecule has 6 N–H and O–H groups in total. The van der Waals surface area contributed by atoms with Gasteiger partial charge in [-0.1, -0.05) is 13.8 Å². The SMILES string of the molecule is CC(C)[C@H](N)C(=O)N[C@H](C=O)CC(=NNC(N)=O)OC(C)(C)C. The molecule has 0 fully saturated rings. The predicted molar refractivity (Wildman–Crippen MR) is 86.4 cm³/mol. The lowest BCUT2D eigenvalue weighted by atomic mass is 10.0. The van der Waals surface area contributed by atoms with Gasteiger partial charge in [0.2, 0.25) is 11.8 Å². The molecule has 3 amide bonds. The van der Waals surface area contributed by atoms with Crippen molar-refractivity contribution in [1.29, 1.82) is 0 Å². The van der Waals surface area contributed by atoms with Gasteiger partial charge in [-0.2, -0.15) is 0 Å². The van der Waals surface area contributed by atoms with Crippen molar-refractivity contribution in [2.75, 3.05) is 0 Å². The second kappa shape index (κ2) is 9.09. The summed E-state index contributed by atoms with van der Waals surface area (Å²) in [6.07, 6.45) is 0.508. The predicted octanol–water partition coefficient (Wildman–Crippen LogP) is -0.160. The molecule has 0 saturated carbocycles. The maximum absolute atomic E-state index is 11.9. The van der Waals surface area contributed by atoms with E-state index in [0.717, 1.165) is 0 Å². The van der Waals surface area contributed by atoms with Gasteiger partial charge in [0.15, 0.2) is 0 Å². The highest BCUT2D eigenvalue weighted by molar-refractivity contribution is 5.87. The third kappa shape index (κ3) is 9.46. The zero-order chi connectivity index (χ0) is 18.2. The van der Waals surface area contributed by atoms with E-state index in [1.54, 1.807) is 34.6 Å². The number of hydrazone groups is 1. The molecule has 0 aliphatic heterocycles. The van der Waals surface area contributed by atoms with Crippen molar-refractivity contribution >= 4 is 24.1 Å². The lowest BCUT2D eigenvalue weighted by Gasteiger charge is -2.24. The Morgan fingerprint density at radius 3 is 2.26 bits per heavy atom. The third-order valence-electron chi connectivity index (χ3n) is 2.62. The Morgan fingerprint density at radius 1 is 1.30 bits per heavy atom. The summed E-state index contributed by atoms with van der Waals surface area (Å²) >= 11 is 0. The van der Waals surface area contributed by atoms with Gasteiger partial charge >= 0.3 is 6.03 Å². The number of urea groups is 1. The number of rotatable bonds is 7. The molecule has 0 aromatic carbocycles. The van der Waals surface area contributed by atoms with Crippen molar-refractivity contribution in [3.8, 4) is 0 Å². The van der Waals surface area contributed by atoms with E-state index in [-0.39, 0.29) is 18.2 Å². The number of carbonyl (C=O) groups excluding carboxylic acids is 3. The first kappa shape index (κ1) is 20.8. The second-order valence-electron chi connectivity index (χ2n) is 6.42. The summed E-state index contributed by atoms with van der Waals surface area (Å²) < 4.78 is 5.55. The van der Waals surface area contributed by atoms with Crippen molar-refractivity contribution in [2.24, 2.45) is 22.5 Å². The highest BCUT2D eigenvalue weighted by Gasteiger charge is 2.24. The first-order valence-corrected chi connectivity index (χ1v) is 7.28. The van der Waals surface area contributed by atoms with Crippen LogP contribution in [0.4, 0.5) is 4.79 Å². The van der Waals surface area contributed by atoms with Crippen LogP contribution < -0.4 is 22.2 Å². The topological polar surface area (TPSA) is 149 Å². The van der Waals surface area contributed by atoms with Crippen LogP contribution in [-0.4, -0.2) is 41.8 Å². The molecule has 0 radical (unpaired) electrons. The fraction of sp³-hybridized carbons (Fsp3) is 0.714. The molecule has 0 rings (SSSR count). The Kier molecular flexibility index (Phi) is 8.23. The molecular weight excluding hydrogens is 302 g/mol. The molecule has 0 aliphatic carbocycles. The monoisotopic (exact) mass is 329 g/mol. The van der Waals surface area contributed by atoms with Crippen molar-refractivity contribution in [2.45, 2.75) is 58.7 Å². The Hall–Kier alpha value is -2.16. The van der Waals surface area contributed by atoms with Gasteiger partial charge in [0, 0.05) is 0 Å². The van der Waals surface area contributed by atoms with Crippen molar-refractivity contribution in [3.05, 3.63) is 0 Å². The lowest BCUT2D eigenvalue weighted by molar-refractivity contribution is -0.125.